The Hall–Kier alpha value is -1.55. The summed E-state index contributed by atoms with van der Waals surface area (Å²) < 4.78 is 2.31. The van der Waals surface area contributed by atoms with Crippen LogP contribution in [0, 0.1) is 23.7 Å². The number of anilines is 1. The van der Waals surface area contributed by atoms with Gasteiger partial charge in [-0.2, -0.15) is 0 Å². The van der Waals surface area contributed by atoms with Crippen molar-refractivity contribution in [1.29, 1.82) is 0 Å². The van der Waals surface area contributed by atoms with Crippen LogP contribution in [0.3, 0.4) is 0 Å². The first-order valence-corrected chi connectivity index (χ1v) is 7.65. The summed E-state index contributed by atoms with van der Waals surface area (Å²) in [5.74, 6) is 4.34. The summed E-state index contributed by atoms with van der Waals surface area (Å²) in [5, 5.41) is 9.66. The minimum Gasteiger partial charge on any atom is -0.399 e. The molecular formula is C16H19N3O. The highest BCUT2D eigenvalue weighted by Gasteiger charge is 2.66. The van der Waals surface area contributed by atoms with E-state index < -0.39 is 0 Å². The molecule has 3 fully saturated rings. The fourth-order valence-electron chi connectivity index (χ4n) is 5.23. The van der Waals surface area contributed by atoms with Crippen molar-refractivity contribution in [3.63, 3.8) is 0 Å². The lowest BCUT2D eigenvalue weighted by Gasteiger charge is -2.13. The Morgan fingerprint density at radius 3 is 2.70 bits per heavy atom. The molecule has 3 aliphatic carbocycles. The molecule has 2 bridgehead atoms. The lowest BCUT2D eigenvalue weighted by Crippen LogP contribution is -2.08. The monoisotopic (exact) mass is 269 g/mol. The Bertz CT molecular complexity index is 691. The van der Waals surface area contributed by atoms with Crippen molar-refractivity contribution in [2.24, 2.45) is 23.7 Å². The SMILES string of the molecule is Nc1ccc2c(c1)nc(CO)n2C1C2C3CCC(C3)C21. The van der Waals surface area contributed by atoms with Crippen molar-refractivity contribution < 1.29 is 5.11 Å². The van der Waals surface area contributed by atoms with Crippen molar-refractivity contribution in [1.82, 2.24) is 9.55 Å². The predicted octanol–water partition coefficient (Wildman–Crippen LogP) is 2.33. The van der Waals surface area contributed by atoms with Gasteiger partial charge in [-0.1, -0.05) is 0 Å². The van der Waals surface area contributed by atoms with Gasteiger partial charge in [0, 0.05) is 11.7 Å². The third kappa shape index (κ3) is 1.23. The lowest BCUT2D eigenvalue weighted by atomic mass is 10.0. The van der Waals surface area contributed by atoms with Gasteiger partial charge in [0.15, 0.2) is 0 Å². The number of benzene rings is 1. The zero-order chi connectivity index (χ0) is 13.4. The molecule has 0 aliphatic heterocycles. The van der Waals surface area contributed by atoms with E-state index in [4.69, 9.17) is 5.73 Å². The van der Waals surface area contributed by atoms with E-state index in [1.807, 2.05) is 12.1 Å². The summed E-state index contributed by atoms with van der Waals surface area (Å²) in [6, 6.07) is 6.50. The Labute approximate surface area is 117 Å². The van der Waals surface area contributed by atoms with Crippen LogP contribution in [0.4, 0.5) is 5.69 Å². The number of fused-ring (bicyclic) bond motifs is 6. The van der Waals surface area contributed by atoms with E-state index in [0.717, 1.165) is 46.2 Å². The molecule has 0 saturated heterocycles. The molecule has 5 rings (SSSR count). The molecule has 0 amide bonds. The van der Waals surface area contributed by atoms with Crippen LogP contribution in [0.25, 0.3) is 11.0 Å². The van der Waals surface area contributed by atoms with E-state index in [9.17, 15) is 5.11 Å². The summed E-state index contributed by atoms with van der Waals surface area (Å²) in [4.78, 5) is 4.58. The van der Waals surface area contributed by atoms with Gasteiger partial charge in [0.05, 0.1) is 11.0 Å². The molecule has 2 aromatic rings. The average Bonchev–Trinajstić information content (AvgIpc) is 2.80. The second-order valence-corrected chi connectivity index (χ2v) is 6.78. The minimum absolute atomic E-state index is 0.0137. The normalized spacial score (nSPS) is 37.5. The first-order valence-electron chi connectivity index (χ1n) is 7.65. The van der Waals surface area contributed by atoms with Crippen LogP contribution >= 0.6 is 0 Å². The third-order valence-electron chi connectivity index (χ3n) is 5.92. The quantitative estimate of drug-likeness (QED) is 0.822. The Morgan fingerprint density at radius 1 is 1.25 bits per heavy atom. The van der Waals surface area contributed by atoms with Crippen LogP contribution in [0.2, 0.25) is 0 Å². The fraction of sp³-hybridized carbons (Fsp3) is 0.562. The van der Waals surface area contributed by atoms with E-state index in [2.05, 4.69) is 15.6 Å². The largest absolute Gasteiger partial charge is 0.399 e. The Balaban J connectivity index is 1.65. The summed E-state index contributed by atoms with van der Waals surface area (Å²) in [7, 11) is 0. The highest BCUT2D eigenvalue weighted by Crippen LogP contribution is 2.71. The van der Waals surface area contributed by atoms with Crippen molar-refractivity contribution in [3.8, 4) is 0 Å². The molecule has 4 heteroatoms. The molecule has 20 heavy (non-hydrogen) atoms. The Morgan fingerprint density at radius 2 is 2.00 bits per heavy atom. The topological polar surface area (TPSA) is 64.1 Å². The van der Waals surface area contributed by atoms with Gasteiger partial charge in [-0.3, -0.25) is 0 Å². The van der Waals surface area contributed by atoms with Crippen LogP contribution < -0.4 is 5.73 Å². The number of aliphatic hydroxyl groups excluding tert-OH is 1. The van der Waals surface area contributed by atoms with E-state index in [-0.39, 0.29) is 6.61 Å². The van der Waals surface area contributed by atoms with Gasteiger partial charge in [-0.05, 0) is 61.1 Å². The van der Waals surface area contributed by atoms with Crippen molar-refractivity contribution >= 4 is 16.7 Å². The zero-order valence-corrected chi connectivity index (χ0v) is 11.4. The fourth-order valence-corrected chi connectivity index (χ4v) is 5.23. The first kappa shape index (κ1) is 11.1. The first-order chi connectivity index (χ1) is 9.78. The molecule has 1 heterocycles. The standard InChI is InChI=1S/C16H19N3O/c17-10-3-4-12-11(6-10)18-13(7-20)19(12)16-14-8-1-2-9(5-8)15(14)16/h3-4,6,8-9,14-16,20H,1-2,5,7,17H2. The maximum atomic E-state index is 9.66. The highest BCUT2D eigenvalue weighted by molar-refractivity contribution is 5.80. The molecule has 1 aromatic carbocycles. The molecule has 4 nitrogen and oxygen atoms in total. The number of hydrogen-bond donors (Lipinski definition) is 2. The van der Waals surface area contributed by atoms with Crippen LogP contribution in [0.1, 0.15) is 31.1 Å². The molecule has 4 unspecified atom stereocenters. The molecule has 3 N–H and O–H groups in total. The van der Waals surface area contributed by atoms with Crippen LogP contribution in [-0.4, -0.2) is 14.7 Å². The van der Waals surface area contributed by atoms with Gasteiger partial charge in [0.25, 0.3) is 0 Å². The average molecular weight is 269 g/mol. The minimum atomic E-state index is 0.0137. The number of aliphatic hydroxyl groups is 1. The zero-order valence-electron chi connectivity index (χ0n) is 11.4. The number of imidazole rings is 1. The van der Waals surface area contributed by atoms with E-state index in [0.29, 0.717) is 6.04 Å². The number of rotatable bonds is 2. The summed E-state index contributed by atoms with van der Waals surface area (Å²) >= 11 is 0. The third-order valence-corrected chi connectivity index (χ3v) is 5.92. The van der Waals surface area contributed by atoms with Gasteiger partial charge in [0.2, 0.25) is 0 Å². The number of nitrogens with two attached hydrogens (primary N) is 1. The van der Waals surface area contributed by atoms with Crippen molar-refractivity contribution in [3.05, 3.63) is 24.0 Å². The lowest BCUT2D eigenvalue weighted by molar-refractivity contribution is 0.263. The number of hydrogen-bond acceptors (Lipinski definition) is 3. The maximum absolute atomic E-state index is 9.66. The predicted molar refractivity (Wildman–Crippen MR) is 76.9 cm³/mol. The van der Waals surface area contributed by atoms with Crippen LogP contribution in [-0.2, 0) is 6.61 Å². The van der Waals surface area contributed by atoms with Crippen LogP contribution in [0.15, 0.2) is 18.2 Å². The molecule has 3 saturated carbocycles. The Kier molecular flexibility index (Phi) is 1.98. The molecule has 104 valence electrons. The number of nitrogen functional groups attached to an aromatic ring is 1. The molecule has 0 radical (unpaired) electrons. The molecule has 4 atom stereocenters. The molecule has 1 aromatic heterocycles. The van der Waals surface area contributed by atoms with Crippen LogP contribution in [0.5, 0.6) is 0 Å². The van der Waals surface area contributed by atoms with E-state index in [1.54, 1.807) is 0 Å². The maximum Gasteiger partial charge on any atom is 0.135 e. The second-order valence-electron chi connectivity index (χ2n) is 6.78. The van der Waals surface area contributed by atoms with Gasteiger partial charge < -0.3 is 15.4 Å². The van der Waals surface area contributed by atoms with Gasteiger partial charge in [-0.25, -0.2) is 4.98 Å². The number of nitrogens with zero attached hydrogens (tertiary/aromatic N) is 2. The summed E-state index contributed by atoms with van der Waals surface area (Å²) in [6.07, 6.45) is 4.27. The summed E-state index contributed by atoms with van der Waals surface area (Å²) in [5.41, 5.74) is 8.65. The highest BCUT2D eigenvalue weighted by atomic mass is 16.3. The van der Waals surface area contributed by atoms with E-state index >= 15 is 0 Å². The summed E-state index contributed by atoms with van der Waals surface area (Å²) in [6.45, 7) is 0.0137. The molecular weight excluding hydrogens is 250 g/mol. The second kappa shape index (κ2) is 3.55. The van der Waals surface area contributed by atoms with Gasteiger partial charge >= 0.3 is 0 Å². The van der Waals surface area contributed by atoms with Crippen molar-refractivity contribution in [2.45, 2.75) is 31.9 Å². The molecule has 3 aliphatic rings. The van der Waals surface area contributed by atoms with E-state index in [1.165, 1.54) is 19.3 Å². The number of aromatic nitrogens is 2. The van der Waals surface area contributed by atoms with Gasteiger partial charge in [-0.15, -0.1) is 0 Å². The van der Waals surface area contributed by atoms with Gasteiger partial charge in [0.1, 0.15) is 12.4 Å². The van der Waals surface area contributed by atoms with Crippen molar-refractivity contribution in [2.75, 3.05) is 5.73 Å². The smallest absolute Gasteiger partial charge is 0.135 e. The molecule has 0 spiro atoms.